The van der Waals surface area contributed by atoms with Crippen molar-refractivity contribution in [3.63, 3.8) is 0 Å². The Morgan fingerprint density at radius 1 is 1.05 bits per heavy atom. The number of carbonyl (C=O) groups is 2. The van der Waals surface area contributed by atoms with Gasteiger partial charge in [0.1, 0.15) is 17.5 Å². The number of rotatable bonds is 5. The molecule has 1 saturated heterocycles. The zero-order valence-electron chi connectivity index (χ0n) is 24.7. The fourth-order valence-corrected chi connectivity index (χ4v) is 6.05. The van der Waals surface area contributed by atoms with Crippen LogP contribution in [0, 0.1) is 11.3 Å². The highest BCUT2D eigenvalue weighted by molar-refractivity contribution is 6.09. The molecule has 0 spiro atoms. The highest BCUT2D eigenvalue weighted by atomic mass is 16.2. The number of para-hydroxylation sites is 1. The van der Waals surface area contributed by atoms with Crippen LogP contribution in [0.3, 0.4) is 0 Å². The number of nitriles is 1. The van der Waals surface area contributed by atoms with E-state index in [2.05, 4.69) is 39.3 Å². The molecule has 1 fully saturated rings. The molecule has 4 heterocycles. The third kappa shape index (κ3) is 5.37. The predicted molar refractivity (Wildman–Crippen MR) is 166 cm³/mol. The van der Waals surface area contributed by atoms with Crippen molar-refractivity contribution in [3.8, 4) is 6.07 Å². The van der Waals surface area contributed by atoms with Gasteiger partial charge in [0.05, 0.1) is 12.6 Å². The van der Waals surface area contributed by atoms with Gasteiger partial charge in [-0.2, -0.15) is 10.2 Å². The Morgan fingerprint density at radius 2 is 1.79 bits per heavy atom. The largest absolute Gasteiger partial charge is 0.369 e. The van der Waals surface area contributed by atoms with E-state index in [1.165, 1.54) is 11.8 Å². The second kappa shape index (κ2) is 11.7. The third-order valence-corrected chi connectivity index (χ3v) is 8.50. The third-order valence-electron chi connectivity index (χ3n) is 8.50. The lowest BCUT2D eigenvalue weighted by Gasteiger charge is -2.43. The highest BCUT2D eigenvalue weighted by Gasteiger charge is 2.39. The van der Waals surface area contributed by atoms with Gasteiger partial charge in [-0.1, -0.05) is 24.3 Å². The number of piperazine rings is 1. The summed E-state index contributed by atoms with van der Waals surface area (Å²) in [5.41, 5.74) is 4.60. The summed E-state index contributed by atoms with van der Waals surface area (Å²) in [5, 5.41) is 12.7. The molecule has 0 saturated carbocycles. The Kier molecular flexibility index (Phi) is 7.69. The van der Waals surface area contributed by atoms with Gasteiger partial charge >= 0.3 is 6.03 Å². The van der Waals surface area contributed by atoms with Crippen molar-refractivity contribution in [3.05, 3.63) is 77.5 Å². The zero-order chi connectivity index (χ0) is 30.1. The summed E-state index contributed by atoms with van der Waals surface area (Å²) in [7, 11) is 3.88. The molecule has 3 aliphatic rings. The first-order chi connectivity index (χ1) is 20.9. The quantitative estimate of drug-likeness (QED) is 0.353. The van der Waals surface area contributed by atoms with Gasteiger partial charge in [0, 0.05) is 68.6 Å². The lowest BCUT2D eigenvalue weighted by molar-refractivity contribution is -0.114. The maximum atomic E-state index is 13.7. The number of anilines is 5. The SMILES string of the molecule is C/C=C(\C#N)C(=O)N1CC[C@H](N2Cc3cnc(Nc4ccc(N5CCN(C)CC5)cc4)nc3N(C)C2=O)c2ccccc21. The molecule has 1 N–H and O–H groups in total. The van der Waals surface area contributed by atoms with Crippen molar-refractivity contribution in [2.45, 2.75) is 25.9 Å². The smallest absolute Gasteiger partial charge is 0.326 e. The molecule has 1 aromatic heterocycles. The van der Waals surface area contributed by atoms with Gasteiger partial charge in [-0.15, -0.1) is 0 Å². The van der Waals surface area contributed by atoms with Gasteiger partial charge in [0.25, 0.3) is 5.91 Å². The summed E-state index contributed by atoms with van der Waals surface area (Å²) in [4.78, 5) is 45.8. The van der Waals surface area contributed by atoms with Crippen LogP contribution < -0.4 is 20.0 Å². The summed E-state index contributed by atoms with van der Waals surface area (Å²) < 4.78 is 0. The van der Waals surface area contributed by atoms with Crippen LogP contribution in [-0.2, 0) is 11.3 Å². The van der Waals surface area contributed by atoms with E-state index < -0.39 is 0 Å². The molecule has 2 aromatic carbocycles. The standard InChI is InChI=1S/C32H35N9O2/c1-4-22(19-33)30(42)40-14-13-28(26-7-5-6-8-27(26)40)41-21-23-20-34-31(36-29(23)38(3)32(41)43)35-24-9-11-25(12-10-24)39-17-15-37(2)16-18-39/h4-12,20,28H,13-18,21H2,1-3H3,(H,34,35,36)/b22-4+/t28-/m0/s1. The lowest BCUT2D eigenvalue weighted by Crippen LogP contribution is -2.49. The number of amides is 3. The predicted octanol–water partition coefficient (Wildman–Crippen LogP) is 4.29. The Balaban J connectivity index is 1.19. The topological polar surface area (TPSA) is 112 Å². The van der Waals surface area contributed by atoms with Crippen LogP contribution in [0.15, 0.2) is 66.4 Å². The zero-order valence-corrected chi connectivity index (χ0v) is 24.7. The van der Waals surface area contributed by atoms with Crippen molar-refractivity contribution in [2.24, 2.45) is 0 Å². The van der Waals surface area contributed by atoms with Crippen LogP contribution in [0.4, 0.5) is 33.6 Å². The van der Waals surface area contributed by atoms with Gasteiger partial charge < -0.3 is 24.9 Å². The summed E-state index contributed by atoms with van der Waals surface area (Å²) in [6.45, 7) is 6.56. The maximum Gasteiger partial charge on any atom is 0.326 e. The number of hydrogen-bond donors (Lipinski definition) is 1. The number of allylic oxidation sites excluding steroid dienone is 1. The van der Waals surface area contributed by atoms with Crippen LogP contribution in [0.25, 0.3) is 0 Å². The molecule has 6 rings (SSSR count). The Morgan fingerprint density at radius 3 is 2.51 bits per heavy atom. The maximum absolute atomic E-state index is 13.7. The molecule has 220 valence electrons. The number of benzene rings is 2. The number of hydrogen-bond acceptors (Lipinski definition) is 8. The van der Waals surface area contributed by atoms with Crippen molar-refractivity contribution in [1.82, 2.24) is 19.8 Å². The molecule has 0 bridgehead atoms. The molecule has 0 aliphatic carbocycles. The molecule has 0 unspecified atom stereocenters. The summed E-state index contributed by atoms with van der Waals surface area (Å²) in [5.74, 6) is 0.667. The van der Waals surface area contributed by atoms with E-state index in [1.54, 1.807) is 30.0 Å². The molecular weight excluding hydrogens is 542 g/mol. The highest BCUT2D eigenvalue weighted by Crippen LogP contribution is 2.41. The van der Waals surface area contributed by atoms with Crippen LogP contribution in [0.5, 0.6) is 0 Å². The first kappa shape index (κ1) is 28.2. The van der Waals surface area contributed by atoms with Crippen LogP contribution in [-0.4, -0.2) is 78.5 Å². The number of carbonyl (C=O) groups excluding carboxylic acids is 2. The van der Waals surface area contributed by atoms with Gasteiger partial charge in [0.15, 0.2) is 0 Å². The van der Waals surface area contributed by atoms with Crippen molar-refractivity contribution >= 4 is 40.8 Å². The first-order valence-electron chi connectivity index (χ1n) is 14.6. The number of nitrogens with zero attached hydrogens (tertiary/aromatic N) is 8. The number of aromatic nitrogens is 2. The molecule has 3 amide bonds. The molecule has 3 aliphatic heterocycles. The monoisotopic (exact) mass is 577 g/mol. The normalized spacial score (nSPS) is 19.1. The van der Waals surface area contributed by atoms with E-state index in [4.69, 9.17) is 4.98 Å². The molecule has 3 aromatic rings. The molecule has 1 atom stereocenters. The molecule has 11 heteroatoms. The number of fused-ring (bicyclic) bond motifs is 2. The van der Waals surface area contributed by atoms with E-state index >= 15 is 0 Å². The van der Waals surface area contributed by atoms with Crippen molar-refractivity contribution < 1.29 is 9.59 Å². The fourth-order valence-electron chi connectivity index (χ4n) is 6.05. The molecule has 0 radical (unpaired) electrons. The lowest BCUT2D eigenvalue weighted by atomic mass is 9.93. The minimum atomic E-state index is -0.328. The van der Waals surface area contributed by atoms with Crippen molar-refractivity contribution in [2.75, 3.05) is 66.8 Å². The van der Waals surface area contributed by atoms with E-state index in [1.807, 2.05) is 47.4 Å². The average Bonchev–Trinajstić information content (AvgIpc) is 3.04. The van der Waals surface area contributed by atoms with Gasteiger partial charge in [-0.25, -0.2) is 9.78 Å². The van der Waals surface area contributed by atoms with E-state index in [0.717, 1.165) is 43.0 Å². The Hall–Kier alpha value is -4.95. The van der Waals surface area contributed by atoms with Gasteiger partial charge in [0.2, 0.25) is 5.95 Å². The molecular formula is C32H35N9O2. The van der Waals surface area contributed by atoms with Crippen LogP contribution in [0.2, 0.25) is 0 Å². The van der Waals surface area contributed by atoms with E-state index in [0.29, 0.717) is 37.0 Å². The molecule has 43 heavy (non-hydrogen) atoms. The fraction of sp³-hybridized carbons (Fsp3) is 0.344. The van der Waals surface area contributed by atoms with Gasteiger partial charge in [-0.05, 0) is 56.3 Å². The number of likely N-dealkylation sites (N-methyl/N-ethyl adjacent to an activating group) is 1. The van der Waals surface area contributed by atoms with E-state index in [-0.39, 0.29) is 23.6 Å². The second-order valence-electron chi connectivity index (χ2n) is 11.1. The van der Waals surface area contributed by atoms with Crippen LogP contribution in [0.1, 0.15) is 30.5 Å². The second-order valence-corrected chi connectivity index (χ2v) is 11.1. The number of urea groups is 1. The summed E-state index contributed by atoms with van der Waals surface area (Å²) in [6.07, 6.45) is 3.85. The van der Waals surface area contributed by atoms with Crippen molar-refractivity contribution in [1.29, 1.82) is 5.26 Å². The number of nitrogens with one attached hydrogen (secondary N) is 1. The Bertz CT molecular complexity index is 1610. The summed E-state index contributed by atoms with van der Waals surface area (Å²) in [6, 6.07) is 17.4. The minimum absolute atomic E-state index is 0.100. The van der Waals surface area contributed by atoms with E-state index in [9.17, 15) is 14.9 Å². The van der Waals surface area contributed by atoms with Crippen LogP contribution >= 0.6 is 0 Å². The Labute approximate surface area is 251 Å². The van der Waals surface area contributed by atoms with Gasteiger partial charge in [-0.3, -0.25) is 9.69 Å². The first-order valence-corrected chi connectivity index (χ1v) is 14.6. The average molecular weight is 578 g/mol. The minimum Gasteiger partial charge on any atom is -0.369 e. The summed E-state index contributed by atoms with van der Waals surface area (Å²) >= 11 is 0. The molecule has 11 nitrogen and oxygen atoms in total.